The van der Waals surface area contributed by atoms with E-state index in [0.717, 1.165) is 24.0 Å². The van der Waals surface area contributed by atoms with E-state index in [1.165, 1.54) is 34.6 Å². The summed E-state index contributed by atoms with van der Waals surface area (Å²) < 4.78 is 37.6. The van der Waals surface area contributed by atoms with Crippen LogP contribution in [-0.2, 0) is 21.4 Å². The third-order valence-corrected chi connectivity index (χ3v) is 7.47. The lowest BCUT2D eigenvalue weighted by Crippen LogP contribution is -2.28. The quantitative estimate of drug-likeness (QED) is 0.444. The summed E-state index contributed by atoms with van der Waals surface area (Å²) in [5.41, 5.74) is 2.58. The highest BCUT2D eigenvalue weighted by Gasteiger charge is 2.27. The number of esters is 1. The summed E-state index contributed by atoms with van der Waals surface area (Å²) in [5.74, 6) is -0.663. The minimum absolute atomic E-state index is 0.0701. The van der Waals surface area contributed by atoms with Crippen molar-refractivity contribution in [3.05, 3.63) is 75.1 Å². The van der Waals surface area contributed by atoms with Gasteiger partial charge in [0.2, 0.25) is 10.0 Å². The summed E-state index contributed by atoms with van der Waals surface area (Å²) >= 11 is 0. The van der Waals surface area contributed by atoms with Gasteiger partial charge in [-0.2, -0.15) is 4.31 Å². The van der Waals surface area contributed by atoms with Crippen LogP contribution in [0, 0.1) is 13.8 Å². The second-order valence-electron chi connectivity index (χ2n) is 7.74. The number of hydrogen-bond donors (Lipinski definition) is 0. The molecule has 4 rings (SSSR count). The Bertz CT molecular complexity index is 1320. The molecule has 0 N–H and O–H groups in total. The molecule has 0 saturated carbocycles. The number of hydrogen-bond acceptors (Lipinski definition) is 6. The second kappa shape index (κ2) is 8.28. The summed E-state index contributed by atoms with van der Waals surface area (Å²) in [6.45, 7) is 4.71. The van der Waals surface area contributed by atoms with Crippen molar-refractivity contribution in [1.29, 1.82) is 0 Å². The van der Waals surface area contributed by atoms with Crippen molar-refractivity contribution in [3.63, 3.8) is 0 Å². The molecule has 0 spiro atoms. The Morgan fingerprint density at radius 1 is 1.06 bits per heavy atom. The normalized spacial score (nSPS) is 14.8. The van der Waals surface area contributed by atoms with Gasteiger partial charge in [0.15, 0.2) is 0 Å². The standard InChI is InChI=1S/C23H23NO6S/c1-15-10-20-18(13-22(25)30-21(20)11-16(15)2)14-29-23(26)17-6-5-7-19(12-17)31(27,28)24-8-3-4-9-24/h5-7,10-13H,3-4,8-9,14H2,1-2H3. The Morgan fingerprint density at radius 3 is 2.52 bits per heavy atom. The summed E-state index contributed by atoms with van der Waals surface area (Å²) in [6, 6.07) is 10.8. The number of ether oxygens (including phenoxy) is 1. The van der Waals surface area contributed by atoms with Crippen molar-refractivity contribution in [2.45, 2.75) is 38.2 Å². The van der Waals surface area contributed by atoms with Crippen LogP contribution in [0.4, 0.5) is 0 Å². The van der Waals surface area contributed by atoms with Crippen LogP contribution in [0.2, 0.25) is 0 Å². The molecular formula is C23H23NO6S. The zero-order chi connectivity index (χ0) is 22.2. The van der Waals surface area contributed by atoms with Crippen LogP contribution in [0.25, 0.3) is 11.0 Å². The molecule has 2 heterocycles. The van der Waals surface area contributed by atoms with Gasteiger partial charge in [-0.15, -0.1) is 0 Å². The van der Waals surface area contributed by atoms with E-state index >= 15 is 0 Å². The number of aryl methyl sites for hydroxylation is 2. The predicted octanol–water partition coefficient (Wildman–Crippen LogP) is 3.55. The topological polar surface area (TPSA) is 93.9 Å². The highest BCUT2D eigenvalue weighted by Crippen LogP contribution is 2.24. The molecular weight excluding hydrogens is 418 g/mol. The van der Waals surface area contributed by atoms with Crippen LogP contribution in [-0.4, -0.2) is 31.8 Å². The van der Waals surface area contributed by atoms with Gasteiger partial charge in [-0.1, -0.05) is 6.07 Å². The molecule has 31 heavy (non-hydrogen) atoms. The number of sulfonamides is 1. The monoisotopic (exact) mass is 441 g/mol. The summed E-state index contributed by atoms with van der Waals surface area (Å²) in [7, 11) is -3.63. The molecule has 1 aliphatic heterocycles. The Morgan fingerprint density at radius 2 is 1.77 bits per heavy atom. The lowest BCUT2D eigenvalue weighted by molar-refractivity contribution is 0.0473. The van der Waals surface area contributed by atoms with Gasteiger partial charge in [-0.05, 0) is 68.1 Å². The Hall–Kier alpha value is -2.97. The van der Waals surface area contributed by atoms with Crippen LogP contribution in [0.5, 0.6) is 0 Å². The summed E-state index contributed by atoms with van der Waals surface area (Å²) in [4.78, 5) is 24.6. The summed E-state index contributed by atoms with van der Waals surface area (Å²) in [5, 5.41) is 0.695. The van der Waals surface area contributed by atoms with Gasteiger partial charge in [-0.25, -0.2) is 18.0 Å². The fourth-order valence-corrected chi connectivity index (χ4v) is 5.25. The van der Waals surface area contributed by atoms with Crippen LogP contribution in [0.1, 0.15) is 39.9 Å². The van der Waals surface area contributed by atoms with E-state index in [9.17, 15) is 18.0 Å². The first-order valence-electron chi connectivity index (χ1n) is 10.1. The fraction of sp³-hybridized carbons (Fsp3) is 0.304. The minimum Gasteiger partial charge on any atom is -0.457 e. The number of carbonyl (C=O) groups excluding carboxylic acids is 1. The molecule has 8 heteroatoms. The predicted molar refractivity (Wildman–Crippen MR) is 116 cm³/mol. The minimum atomic E-state index is -3.63. The van der Waals surface area contributed by atoms with Gasteiger partial charge >= 0.3 is 11.6 Å². The maximum Gasteiger partial charge on any atom is 0.338 e. The highest BCUT2D eigenvalue weighted by atomic mass is 32.2. The van der Waals surface area contributed by atoms with Crippen molar-refractivity contribution >= 4 is 27.0 Å². The van der Waals surface area contributed by atoms with E-state index < -0.39 is 21.6 Å². The maximum absolute atomic E-state index is 12.8. The molecule has 0 bridgehead atoms. The van der Waals surface area contributed by atoms with Crippen molar-refractivity contribution in [3.8, 4) is 0 Å². The van der Waals surface area contributed by atoms with Crippen molar-refractivity contribution < 1.29 is 22.4 Å². The van der Waals surface area contributed by atoms with Gasteiger partial charge in [0, 0.05) is 30.1 Å². The van der Waals surface area contributed by atoms with Crippen LogP contribution >= 0.6 is 0 Å². The molecule has 162 valence electrons. The lowest BCUT2D eigenvalue weighted by Gasteiger charge is -2.16. The molecule has 0 amide bonds. The van der Waals surface area contributed by atoms with Crippen molar-refractivity contribution in [2.75, 3.05) is 13.1 Å². The molecule has 1 fully saturated rings. The summed E-state index contributed by atoms with van der Waals surface area (Å²) in [6.07, 6.45) is 1.66. The Kier molecular flexibility index (Phi) is 5.68. The van der Waals surface area contributed by atoms with Crippen molar-refractivity contribution in [1.82, 2.24) is 4.31 Å². The number of rotatable bonds is 5. The number of nitrogens with zero attached hydrogens (tertiary/aromatic N) is 1. The lowest BCUT2D eigenvalue weighted by atomic mass is 10.0. The zero-order valence-electron chi connectivity index (χ0n) is 17.4. The largest absolute Gasteiger partial charge is 0.457 e. The molecule has 7 nitrogen and oxygen atoms in total. The van der Waals surface area contributed by atoms with E-state index in [1.807, 2.05) is 19.9 Å². The molecule has 0 aliphatic carbocycles. The third kappa shape index (κ3) is 4.26. The van der Waals surface area contributed by atoms with Gasteiger partial charge in [0.1, 0.15) is 12.2 Å². The average molecular weight is 442 g/mol. The first-order chi connectivity index (χ1) is 14.8. The van der Waals surface area contributed by atoms with Gasteiger partial charge in [0.25, 0.3) is 0 Å². The second-order valence-corrected chi connectivity index (χ2v) is 9.68. The zero-order valence-corrected chi connectivity index (χ0v) is 18.2. The first kappa shape index (κ1) is 21.3. The van der Waals surface area contributed by atoms with E-state index in [-0.39, 0.29) is 17.1 Å². The van der Waals surface area contributed by atoms with Crippen molar-refractivity contribution in [2.24, 2.45) is 0 Å². The molecule has 1 aromatic heterocycles. The first-order valence-corrected chi connectivity index (χ1v) is 11.5. The Balaban J connectivity index is 1.57. The molecule has 0 atom stereocenters. The van der Waals surface area contributed by atoms with E-state index in [2.05, 4.69) is 0 Å². The highest BCUT2D eigenvalue weighted by molar-refractivity contribution is 7.89. The molecule has 3 aromatic rings. The number of benzene rings is 2. The molecule has 2 aromatic carbocycles. The molecule has 0 unspecified atom stereocenters. The van der Waals surface area contributed by atoms with Gasteiger partial charge in [0.05, 0.1) is 10.5 Å². The van der Waals surface area contributed by atoms with Crippen LogP contribution in [0.15, 0.2) is 56.6 Å². The number of fused-ring (bicyclic) bond motifs is 1. The number of carbonyl (C=O) groups is 1. The maximum atomic E-state index is 12.8. The molecule has 0 radical (unpaired) electrons. The smallest absolute Gasteiger partial charge is 0.338 e. The van der Waals surface area contributed by atoms with E-state index in [1.54, 1.807) is 6.07 Å². The molecule has 1 aliphatic rings. The average Bonchev–Trinajstić information content (AvgIpc) is 3.29. The van der Waals surface area contributed by atoms with Crippen LogP contribution < -0.4 is 5.63 Å². The molecule has 1 saturated heterocycles. The van der Waals surface area contributed by atoms with E-state index in [0.29, 0.717) is 29.6 Å². The fourth-order valence-electron chi connectivity index (χ4n) is 3.69. The van der Waals surface area contributed by atoms with Crippen LogP contribution in [0.3, 0.4) is 0 Å². The SMILES string of the molecule is Cc1cc2oc(=O)cc(COC(=O)c3cccc(S(=O)(=O)N4CCCC4)c3)c2cc1C. The third-order valence-electron chi connectivity index (χ3n) is 5.58. The Labute approximate surface area is 180 Å². The van der Waals surface area contributed by atoms with Gasteiger partial charge < -0.3 is 9.15 Å². The van der Waals surface area contributed by atoms with E-state index in [4.69, 9.17) is 9.15 Å². The van der Waals surface area contributed by atoms with Gasteiger partial charge in [-0.3, -0.25) is 0 Å².